The van der Waals surface area contributed by atoms with Gasteiger partial charge in [-0.15, -0.1) is 0 Å². The molecule has 0 spiro atoms. The second-order valence-corrected chi connectivity index (χ2v) is 13.2. The zero-order valence-corrected chi connectivity index (χ0v) is 30.0. The molecule has 1 aromatic rings. The molecular formula is C34H54N10O8. The van der Waals surface area contributed by atoms with Gasteiger partial charge in [-0.2, -0.15) is 0 Å². The van der Waals surface area contributed by atoms with Crippen molar-refractivity contribution >= 4 is 47.4 Å². The van der Waals surface area contributed by atoms with E-state index in [4.69, 9.17) is 11.5 Å². The normalized spacial score (nSPS) is 21.5. The predicted octanol–water partition coefficient (Wildman–Crippen LogP) is -2.05. The Morgan fingerprint density at radius 2 is 1.67 bits per heavy atom. The van der Waals surface area contributed by atoms with Gasteiger partial charge < -0.3 is 53.8 Å². The fourth-order valence-electron chi connectivity index (χ4n) is 5.24. The number of benzene rings is 1. The molecule has 0 aliphatic carbocycles. The summed E-state index contributed by atoms with van der Waals surface area (Å²) < 4.78 is 0. The van der Waals surface area contributed by atoms with Gasteiger partial charge >= 0.3 is 5.97 Å². The fraction of sp³-hybridized carbons (Fsp3) is 0.588. The number of amides is 6. The molecule has 0 radical (unpaired) electrons. The summed E-state index contributed by atoms with van der Waals surface area (Å²) in [5.74, 6) is -5.70. The van der Waals surface area contributed by atoms with E-state index in [1.54, 1.807) is 0 Å². The van der Waals surface area contributed by atoms with Gasteiger partial charge in [-0.25, -0.2) is 0 Å². The molecule has 1 aliphatic heterocycles. The summed E-state index contributed by atoms with van der Waals surface area (Å²) in [4.78, 5) is 94.7. The van der Waals surface area contributed by atoms with Crippen molar-refractivity contribution < 1.29 is 38.7 Å². The van der Waals surface area contributed by atoms with Gasteiger partial charge in [0.25, 0.3) is 0 Å². The first kappa shape index (κ1) is 42.9. The third-order valence-corrected chi connectivity index (χ3v) is 8.02. The van der Waals surface area contributed by atoms with Crippen molar-refractivity contribution in [3.63, 3.8) is 0 Å². The summed E-state index contributed by atoms with van der Waals surface area (Å²) >= 11 is 0. The zero-order chi connectivity index (χ0) is 38.6. The SMILES string of the molecule is CC(C)CC(NC(=O)C1CCC(=O)NC[C@@H](C)CNC(CCCN=C(N)N)C(=O)NCC(=O)NC(CC(=O)O)C(=O)N1)C(=O)NCc1ccccc1. The van der Waals surface area contributed by atoms with Crippen molar-refractivity contribution in [2.24, 2.45) is 28.3 Å². The van der Waals surface area contributed by atoms with Crippen LogP contribution < -0.4 is 48.7 Å². The molecule has 0 aromatic heterocycles. The number of carboxylic acids is 1. The summed E-state index contributed by atoms with van der Waals surface area (Å²) in [6.45, 7) is 6.05. The summed E-state index contributed by atoms with van der Waals surface area (Å²) in [7, 11) is 0. The average Bonchev–Trinajstić information content (AvgIpc) is 3.08. The van der Waals surface area contributed by atoms with E-state index in [2.05, 4.69) is 42.2 Å². The second kappa shape index (κ2) is 22.5. The molecule has 288 valence electrons. The number of carbonyl (C=O) groups is 7. The van der Waals surface area contributed by atoms with E-state index in [0.29, 0.717) is 19.4 Å². The first-order chi connectivity index (χ1) is 24.6. The molecule has 0 bridgehead atoms. The number of aliphatic imine (C=N–C) groups is 1. The van der Waals surface area contributed by atoms with Crippen molar-refractivity contribution in [3.05, 3.63) is 35.9 Å². The first-order valence-electron chi connectivity index (χ1n) is 17.4. The van der Waals surface area contributed by atoms with E-state index in [1.807, 2.05) is 51.1 Å². The lowest BCUT2D eigenvalue weighted by atomic mass is 10.0. The molecule has 1 saturated heterocycles. The molecule has 18 nitrogen and oxygen atoms in total. The number of aliphatic carboxylic acids is 1. The van der Waals surface area contributed by atoms with Crippen molar-refractivity contribution in [3.8, 4) is 0 Å². The van der Waals surface area contributed by atoms with E-state index >= 15 is 0 Å². The average molecular weight is 731 g/mol. The van der Waals surface area contributed by atoms with Crippen LogP contribution >= 0.6 is 0 Å². The van der Waals surface area contributed by atoms with Gasteiger partial charge in [0.15, 0.2) is 5.96 Å². The Morgan fingerprint density at radius 1 is 0.962 bits per heavy atom. The maximum atomic E-state index is 13.7. The van der Waals surface area contributed by atoms with Crippen LogP contribution in [0.2, 0.25) is 0 Å². The van der Waals surface area contributed by atoms with Crippen LogP contribution in [0.4, 0.5) is 0 Å². The topological polar surface area (TPSA) is 288 Å². The van der Waals surface area contributed by atoms with Crippen LogP contribution in [0, 0.1) is 11.8 Å². The highest BCUT2D eigenvalue weighted by Crippen LogP contribution is 2.09. The Balaban J connectivity index is 2.27. The molecule has 5 atom stereocenters. The molecular weight excluding hydrogens is 676 g/mol. The van der Waals surface area contributed by atoms with E-state index < -0.39 is 78.5 Å². The van der Waals surface area contributed by atoms with Gasteiger partial charge in [0, 0.05) is 32.6 Å². The van der Waals surface area contributed by atoms with Crippen LogP contribution in [0.25, 0.3) is 0 Å². The maximum Gasteiger partial charge on any atom is 0.305 e. The van der Waals surface area contributed by atoms with Crippen LogP contribution in [0.15, 0.2) is 35.3 Å². The van der Waals surface area contributed by atoms with Crippen LogP contribution in [-0.4, -0.2) is 103 Å². The summed E-state index contributed by atoms with van der Waals surface area (Å²) in [6, 6.07) is 4.43. The number of rotatable bonds is 13. The molecule has 0 saturated carbocycles. The molecule has 4 unspecified atom stereocenters. The number of carbonyl (C=O) groups excluding carboxylic acids is 6. The molecule has 12 N–H and O–H groups in total. The van der Waals surface area contributed by atoms with Crippen LogP contribution in [0.3, 0.4) is 0 Å². The van der Waals surface area contributed by atoms with Gasteiger partial charge in [0.05, 0.1) is 19.0 Å². The van der Waals surface area contributed by atoms with E-state index in [0.717, 1.165) is 5.56 Å². The second-order valence-electron chi connectivity index (χ2n) is 13.2. The lowest BCUT2D eigenvalue weighted by Gasteiger charge is -2.26. The standard InChI is InChI=1S/C34H54N10O8/c1-20(2)14-25(31(50)40-18-22-8-5-4-6-9-22)44-32(51)24-11-12-27(45)39-17-21(3)16-38-23(10-7-13-37-34(35)36)30(49)41-19-28(46)42-26(15-29(47)48)33(52)43-24/h4-6,8-9,20-21,23-26,38H,7,10-19H2,1-3H3,(H,39,45)(H,40,50)(H,41,49)(H,42,46)(H,43,52)(H,44,51)(H,47,48)(H4,35,36,37)/t21-,23?,24?,25?,26?/m0/s1. The highest BCUT2D eigenvalue weighted by atomic mass is 16.4. The zero-order valence-electron chi connectivity index (χ0n) is 30.0. The number of guanidine groups is 1. The predicted molar refractivity (Wildman–Crippen MR) is 192 cm³/mol. The van der Waals surface area contributed by atoms with Gasteiger partial charge in [0.2, 0.25) is 35.4 Å². The third-order valence-electron chi connectivity index (χ3n) is 8.02. The molecule has 1 fully saturated rings. The lowest BCUT2D eigenvalue weighted by molar-refractivity contribution is -0.141. The Bertz CT molecular complexity index is 1400. The highest BCUT2D eigenvalue weighted by molar-refractivity contribution is 5.96. The minimum atomic E-state index is -1.64. The Hall–Kier alpha value is -5.26. The molecule has 18 heteroatoms. The minimum absolute atomic E-state index is 0.00876. The van der Waals surface area contributed by atoms with Gasteiger partial charge in [-0.05, 0) is 43.1 Å². The van der Waals surface area contributed by atoms with Crippen molar-refractivity contribution in [1.82, 2.24) is 37.2 Å². The fourth-order valence-corrected chi connectivity index (χ4v) is 5.24. The first-order valence-corrected chi connectivity index (χ1v) is 17.4. The van der Waals surface area contributed by atoms with Crippen molar-refractivity contribution in [1.29, 1.82) is 0 Å². The number of carboxylic acid groups (broad SMARTS) is 1. The minimum Gasteiger partial charge on any atom is -0.481 e. The smallest absolute Gasteiger partial charge is 0.305 e. The van der Waals surface area contributed by atoms with Crippen molar-refractivity contribution in [2.75, 3.05) is 26.2 Å². The quantitative estimate of drug-likeness (QED) is 0.0599. The van der Waals surface area contributed by atoms with E-state index in [1.165, 1.54) is 0 Å². The number of hydrogen-bond donors (Lipinski definition) is 10. The molecule has 1 heterocycles. The maximum absolute atomic E-state index is 13.7. The van der Waals surface area contributed by atoms with Crippen LogP contribution in [-0.2, 0) is 40.1 Å². The third kappa shape index (κ3) is 17.1. The van der Waals surface area contributed by atoms with Gasteiger partial charge in [-0.3, -0.25) is 38.6 Å². The summed E-state index contributed by atoms with van der Waals surface area (Å²) in [5.41, 5.74) is 11.6. The summed E-state index contributed by atoms with van der Waals surface area (Å²) in [5, 5.41) is 28.2. The van der Waals surface area contributed by atoms with E-state index in [-0.39, 0.29) is 56.7 Å². The summed E-state index contributed by atoms with van der Waals surface area (Å²) in [6.07, 6.45) is -0.238. The molecule has 52 heavy (non-hydrogen) atoms. The molecule has 1 aliphatic rings. The van der Waals surface area contributed by atoms with Crippen LogP contribution in [0.1, 0.15) is 64.9 Å². The number of nitrogens with one attached hydrogen (secondary N) is 7. The van der Waals surface area contributed by atoms with Gasteiger partial charge in [-0.1, -0.05) is 51.1 Å². The Kier molecular flexibility index (Phi) is 18.6. The highest BCUT2D eigenvalue weighted by Gasteiger charge is 2.32. The number of nitrogens with two attached hydrogens (primary N) is 2. The largest absolute Gasteiger partial charge is 0.481 e. The molecule has 6 amide bonds. The monoisotopic (exact) mass is 730 g/mol. The van der Waals surface area contributed by atoms with Crippen molar-refractivity contribution in [2.45, 2.75) is 90.0 Å². The van der Waals surface area contributed by atoms with E-state index in [9.17, 15) is 38.7 Å². The molecule has 1 aromatic carbocycles. The Morgan fingerprint density at radius 3 is 2.33 bits per heavy atom. The number of nitrogens with zero attached hydrogens (tertiary/aromatic N) is 1. The van der Waals surface area contributed by atoms with Crippen LogP contribution in [0.5, 0.6) is 0 Å². The number of hydrogen-bond acceptors (Lipinski definition) is 9. The lowest BCUT2D eigenvalue weighted by Crippen LogP contribution is -2.58. The molecule has 2 rings (SSSR count). The Labute approximate surface area is 303 Å². The van der Waals surface area contributed by atoms with Gasteiger partial charge in [0.1, 0.15) is 18.1 Å².